The van der Waals surface area contributed by atoms with Crippen molar-refractivity contribution in [3.05, 3.63) is 12.2 Å². The SMILES string of the molecule is CCCCCCCCCCCCCCCCCCCCCC(O)C(CO)NC(=O)CCCCC/C=C\CCCCCCCCOC(=O)CCCCCCCCCCCCCCCCC. The number of ether oxygens (including phenoxy) is 1. The number of hydrogen-bond acceptors (Lipinski definition) is 5. The highest BCUT2D eigenvalue weighted by Crippen LogP contribution is 2.17. The number of nitrogens with one attached hydrogen (secondary N) is 1. The highest BCUT2D eigenvalue weighted by atomic mass is 16.5. The zero-order valence-corrected chi connectivity index (χ0v) is 43.3. The molecular formula is C58H113NO5. The van der Waals surface area contributed by atoms with Crippen LogP contribution in [0.5, 0.6) is 0 Å². The van der Waals surface area contributed by atoms with E-state index in [9.17, 15) is 19.8 Å². The molecule has 0 rings (SSSR count). The molecule has 0 aliphatic heterocycles. The number of aliphatic hydroxyl groups is 2. The number of allylic oxidation sites excluding steroid dienone is 2. The Morgan fingerprint density at radius 2 is 0.734 bits per heavy atom. The van der Waals surface area contributed by atoms with Crippen LogP contribution in [0.15, 0.2) is 12.2 Å². The molecule has 0 saturated heterocycles. The van der Waals surface area contributed by atoms with E-state index >= 15 is 0 Å². The fourth-order valence-corrected chi connectivity index (χ4v) is 9.11. The maximum atomic E-state index is 12.5. The van der Waals surface area contributed by atoms with E-state index in [1.165, 1.54) is 218 Å². The molecule has 0 radical (unpaired) electrons. The van der Waals surface area contributed by atoms with Crippen molar-refractivity contribution in [3.8, 4) is 0 Å². The Bertz CT molecular complexity index is 955. The third-order valence-electron chi connectivity index (χ3n) is 13.6. The molecule has 0 fully saturated rings. The van der Waals surface area contributed by atoms with Gasteiger partial charge in [0.05, 0.1) is 25.4 Å². The second kappa shape index (κ2) is 54.2. The molecule has 0 aliphatic carbocycles. The number of aliphatic hydroxyl groups excluding tert-OH is 2. The fourth-order valence-electron chi connectivity index (χ4n) is 9.11. The predicted octanol–water partition coefficient (Wildman–Crippen LogP) is 17.7. The average molecular weight is 905 g/mol. The van der Waals surface area contributed by atoms with Crippen LogP contribution in [0.4, 0.5) is 0 Å². The van der Waals surface area contributed by atoms with Crippen molar-refractivity contribution in [3.63, 3.8) is 0 Å². The van der Waals surface area contributed by atoms with Crippen molar-refractivity contribution < 1.29 is 24.5 Å². The Hall–Kier alpha value is -1.40. The summed E-state index contributed by atoms with van der Waals surface area (Å²) in [5.74, 6) is -0.0705. The number of esters is 1. The zero-order valence-electron chi connectivity index (χ0n) is 43.3. The van der Waals surface area contributed by atoms with Crippen LogP contribution in [0.3, 0.4) is 0 Å². The molecule has 0 saturated carbocycles. The maximum absolute atomic E-state index is 12.5. The molecule has 3 N–H and O–H groups in total. The first-order valence-corrected chi connectivity index (χ1v) is 28.9. The van der Waals surface area contributed by atoms with Crippen LogP contribution in [0, 0.1) is 0 Å². The Kier molecular flexibility index (Phi) is 53.0. The van der Waals surface area contributed by atoms with Crippen LogP contribution in [-0.4, -0.2) is 47.4 Å². The molecule has 2 unspecified atom stereocenters. The van der Waals surface area contributed by atoms with Gasteiger partial charge in [-0.05, 0) is 51.4 Å². The minimum atomic E-state index is -0.681. The summed E-state index contributed by atoms with van der Waals surface area (Å²) >= 11 is 0. The second-order valence-corrected chi connectivity index (χ2v) is 20.0. The Morgan fingerprint density at radius 1 is 0.422 bits per heavy atom. The third kappa shape index (κ3) is 50.0. The van der Waals surface area contributed by atoms with E-state index in [0.717, 1.165) is 70.6 Å². The highest BCUT2D eigenvalue weighted by Gasteiger charge is 2.20. The first-order valence-electron chi connectivity index (χ1n) is 28.9. The number of unbranched alkanes of at least 4 members (excludes halogenated alkanes) is 41. The molecule has 64 heavy (non-hydrogen) atoms. The number of amides is 1. The van der Waals surface area contributed by atoms with Gasteiger partial charge in [-0.2, -0.15) is 0 Å². The summed E-state index contributed by atoms with van der Waals surface area (Å²) in [4.78, 5) is 24.5. The van der Waals surface area contributed by atoms with Crippen molar-refractivity contribution in [2.45, 2.75) is 334 Å². The number of carbonyl (C=O) groups is 2. The molecule has 2 atom stereocenters. The first-order chi connectivity index (χ1) is 31.5. The molecule has 0 aliphatic rings. The molecule has 0 aromatic heterocycles. The van der Waals surface area contributed by atoms with Crippen molar-refractivity contribution in [2.75, 3.05) is 13.2 Å². The monoisotopic (exact) mass is 904 g/mol. The van der Waals surface area contributed by atoms with E-state index in [1.807, 2.05) is 0 Å². The molecule has 0 aromatic rings. The summed E-state index contributed by atoms with van der Waals surface area (Å²) in [6.45, 7) is 4.94. The lowest BCUT2D eigenvalue weighted by Gasteiger charge is -2.22. The molecule has 6 nitrogen and oxygen atoms in total. The summed E-state index contributed by atoms with van der Waals surface area (Å²) in [6, 6.07) is -0.561. The number of rotatable bonds is 54. The van der Waals surface area contributed by atoms with Crippen molar-refractivity contribution in [2.24, 2.45) is 0 Å². The normalized spacial score (nSPS) is 12.6. The lowest BCUT2D eigenvalue weighted by Crippen LogP contribution is -2.45. The largest absolute Gasteiger partial charge is 0.466 e. The van der Waals surface area contributed by atoms with Crippen molar-refractivity contribution in [1.82, 2.24) is 5.32 Å². The van der Waals surface area contributed by atoms with E-state index in [4.69, 9.17) is 4.74 Å². The number of carbonyl (C=O) groups excluding carboxylic acids is 2. The summed E-state index contributed by atoms with van der Waals surface area (Å²) in [7, 11) is 0. The van der Waals surface area contributed by atoms with E-state index < -0.39 is 12.1 Å². The molecule has 0 heterocycles. The van der Waals surface area contributed by atoms with Crippen LogP contribution >= 0.6 is 0 Å². The molecule has 0 spiro atoms. The molecule has 1 amide bonds. The van der Waals surface area contributed by atoms with E-state index in [1.54, 1.807) is 0 Å². The Labute approximate surface area is 399 Å². The fraction of sp³-hybridized carbons (Fsp3) is 0.931. The summed E-state index contributed by atoms with van der Waals surface area (Å²) in [5, 5.41) is 23.3. The van der Waals surface area contributed by atoms with Crippen LogP contribution in [0.2, 0.25) is 0 Å². The third-order valence-corrected chi connectivity index (χ3v) is 13.6. The summed E-state index contributed by atoms with van der Waals surface area (Å²) in [6.07, 6.45) is 63.4. The van der Waals surface area contributed by atoms with Crippen LogP contribution < -0.4 is 5.32 Å². The van der Waals surface area contributed by atoms with Crippen molar-refractivity contribution >= 4 is 11.9 Å². The second-order valence-electron chi connectivity index (χ2n) is 20.0. The van der Waals surface area contributed by atoms with Gasteiger partial charge in [-0.15, -0.1) is 0 Å². The van der Waals surface area contributed by atoms with Gasteiger partial charge in [0.15, 0.2) is 0 Å². The summed E-state index contributed by atoms with van der Waals surface area (Å²) < 4.78 is 5.47. The van der Waals surface area contributed by atoms with Gasteiger partial charge < -0.3 is 20.3 Å². The maximum Gasteiger partial charge on any atom is 0.305 e. The minimum Gasteiger partial charge on any atom is -0.466 e. The van der Waals surface area contributed by atoms with E-state index in [2.05, 4.69) is 31.3 Å². The topological polar surface area (TPSA) is 95.9 Å². The van der Waals surface area contributed by atoms with Gasteiger partial charge in [0.2, 0.25) is 5.91 Å². The lowest BCUT2D eigenvalue weighted by molar-refractivity contribution is -0.143. The quantitative estimate of drug-likeness (QED) is 0.0321. The Balaban J connectivity index is 3.47. The van der Waals surface area contributed by atoms with E-state index in [-0.39, 0.29) is 18.5 Å². The van der Waals surface area contributed by atoms with Gasteiger partial charge in [0.1, 0.15) is 0 Å². The van der Waals surface area contributed by atoms with Gasteiger partial charge in [-0.1, -0.05) is 270 Å². The number of hydrogen-bond donors (Lipinski definition) is 3. The van der Waals surface area contributed by atoms with Crippen LogP contribution in [-0.2, 0) is 14.3 Å². The smallest absolute Gasteiger partial charge is 0.305 e. The van der Waals surface area contributed by atoms with Crippen LogP contribution in [0.25, 0.3) is 0 Å². The molecule has 0 bridgehead atoms. The van der Waals surface area contributed by atoms with Gasteiger partial charge in [-0.3, -0.25) is 9.59 Å². The van der Waals surface area contributed by atoms with Gasteiger partial charge in [0.25, 0.3) is 0 Å². The standard InChI is InChI=1S/C58H113NO5/c1-3-5-7-9-11-13-15-17-19-20-21-22-24-26-30-34-38-42-46-50-56(61)55(54-60)59-57(62)51-47-43-39-35-31-27-25-29-33-37-41-45-49-53-64-58(63)52-48-44-40-36-32-28-23-18-16-14-12-10-8-6-4-2/h27,31,55-56,60-61H,3-26,28-30,32-54H2,1-2H3,(H,59,62)/b31-27-. The summed E-state index contributed by atoms with van der Waals surface area (Å²) in [5.41, 5.74) is 0. The molecule has 0 aromatic carbocycles. The van der Waals surface area contributed by atoms with Gasteiger partial charge >= 0.3 is 5.97 Å². The van der Waals surface area contributed by atoms with Crippen molar-refractivity contribution in [1.29, 1.82) is 0 Å². The Morgan fingerprint density at radius 3 is 1.12 bits per heavy atom. The average Bonchev–Trinajstić information content (AvgIpc) is 3.29. The highest BCUT2D eigenvalue weighted by molar-refractivity contribution is 5.76. The molecular weight excluding hydrogens is 791 g/mol. The minimum absolute atomic E-state index is 0.00884. The van der Waals surface area contributed by atoms with Crippen LogP contribution in [0.1, 0.15) is 322 Å². The first kappa shape index (κ1) is 62.6. The zero-order chi connectivity index (χ0) is 46.5. The van der Waals surface area contributed by atoms with Gasteiger partial charge in [-0.25, -0.2) is 0 Å². The molecule has 380 valence electrons. The lowest BCUT2D eigenvalue weighted by atomic mass is 10.0. The van der Waals surface area contributed by atoms with Gasteiger partial charge in [0, 0.05) is 12.8 Å². The predicted molar refractivity (Wildman–Crippen MR) is 278 cm³/mol. The van der Waals surface area contributed by atoms with E-state index in [0.29, 0.717) is 25.9 Å². The molecule has 6 heteroatoms.